The number of carbonyl (C=O) groups excluding carboxylic acids is 1. The second-order valence-corrected chi connectivity index (χ2v) is 10.5. The van der Waals surface area contributed by atoms with Crippen molar-refractivity contribution in [3.8, 4) is 5.75 Å². The van der Waals surface area contributed by atoms with Crippen LogP contribution in [0.4, 0.5) is 33.7 Å². The predicted octanol–water partition coefficient (Wildman–Crippen LogP) is 5.87. The number of rotatable bonds is 6. The zero-order valence-electron chi connectivity index (χ0n) is 19.4. The van der Waals surface area contributed by atoms with Crippen LogP contribution < -0.4 is 15.0 Å². The highest BCUT2D eigenvalue weighted by molar-refractivity contribution is 6.03. The normalized spacial score (nSPS) is 28.8. The summed E-state index contributed by atoms with van der Waals surface area (Å²) in [4.78, 5) is 18.8. The van der Waals surface area contributed by atoms with Gasteiger partial charge in [-0.3, -0.25) is 4.79 Å². The second-order valence-electron chi connectivity index (χ2n) is 10.5. The Labute approximate surface area is 204 Å². The first-order chi connectivity index (χ1) is 17.1. The van der Waals surface area contributed by atoms with E-state index in [1.807, 2.05) is 4.90 Å². The van der Waals surface area contributed by atoms with Gasteiger partial charge in [0.15, 0.2) is 23.1 Å². The van der Waals surface area contributed by atoms with E-state index in [4.69, 9.17) is 9.15 Å². The topological polar surface area (TPSA) is 67.6 Å². The van der Waals surface area contributed by atoms with Gasteiger partial charge in [-0.1, -0.05) is 6.42 Å². The summed E-state index contributed by atoms with van der Waals surface area (Å²) in [5, 5.41) is 2.27. The molecule has 0 spiro atoms. The van der Waals surface area contributed by atoms with E-state index >= 15 is 0 Å². The van der Waals surface area contributed by atoms with Gasteiger partial charge in [-0.25, -0.2) is 8.78 Å². The number of alkyl halides is 3. The maximum atomic E-state index is 14.7. The Bertz CT molecular complexity index is 1150. The molecule has 0 bridgehead atoms. The number of carbonyl (C=O) groups is 1. The third-order valence-electron chi connectivity index (χ3n) is 8.01. The van der Waals surface area contributed by atoms with Gasteiger partial charge >= 0.3 is 6.18 Å². The van der Waals surface area contributed by atoms with Crippen LogP contribution in [0, 0.1) is 29.4 Å². The quantitative estimate of drug-likeness (QED) is 0.492. The zero-order valence-corrected chi connectivity index (χ0v) is 19.4. The Kier molecular flexibility index (Phi) is 5.64. The lowest BCUT2D eigenvalue weighted by Crippen LogP contribution is -2.30. The van der Waals surface area contributed by atoms with Gasteiger partial charge in [0.1, 0.15) is 12.2 Å². The number of aromatic nitrogens is 1. The molecule has 6 nitrogen and oxygen atoms in total. The second kappa shape index (κ2) is 8.62. The van der Waals surface area contributed by atoms with E-state index in [2.05, 4.69) is 10.3 Å². The monoisotopic (exact) mass is 511 g/mol. The van der Waals surface area contributed by atoms with E-state index in [1.165, 1.54) is 0 Å². The molecular weight excluding hydrogens is 485 g/mol. The van der Waals surface area contributed by atoms with E-state index in [-0.39, 0.29) is 23.8 Å². The lowest BCUT2D eigenvalue weighted by Gasteiger charge is -2.21. The van der Waals surface area contributed by atoms with Gasteiger partial charge in [0.05, 0.1) is 6.10 Å². The Morgan fingerprint density at radius 1 is 1.08 bits per heavy atom. The van der Waals surface area contributed by atoms with Crippen molar-refractivity contribution in [2.45, 2.75) is 69.7 Å². The van der Waals surface area contributed by atoms with Gasteiger partial charge < -0.3 is 19.4 Å². The molecule has 5 atom stereocenters. The molecule has 4 aliphatic rings. The van der Waals surface area contributed by atoms with Crippen molar-refractivity contribution in [2.75, 3.05) is 16.8 Å². The third-order valence-corrected chi connectivity index (χ3v) is 8.01. The summed E-state index contributed by atoms with van der Waals surface area (Å²) in [7, 11) is 0. The highest BCUT2D eigenvalue weighted by Gasteiger charge is 2.47. The molecule has 2 aromatic rings. The molecule has 3 aliphatic carbocycles. The molecule has 2 heterocycles. The maximum absolute atomic E-state index is 14.7. The Balaban J connectivity index is 1.22. The summed E-state index contributed by atoms with van der Waals surface area (Å²) in [6, 6.07) is 1.88. The minimum atomic E-state index is -4.63. The third kappa shape index (κ3) is 4.52. The number of hydrogen-bond acceptors (Lipinski definition) is 5. The van der Waals surface area contributed by atoms with Crippen LogP contribution in [0.15, 0.2) is 16.5 Å². The first-order valence-corrected chi connectivity index (χ1v) is 12.4. The highest BCUT2D eigenvalue weighted by Crippen LogP contribution is 2.52. The van der Waals surface area contributed by atoms with Crippen molar-refractivity contribution >= 4 is 17.6 Å². The number of anilines is 2. The van der Waals surface area contributed by atoms with E-state index in [0.29, 0.717) is 24.3 Å². The summed E-state index contributed by atoms with van der Waals surface area (Å²) in [5.41, 5.74) is -0.800. The maximum Gasteiger partial charge on any atom is 0.396 e. The van der Waals surface area contributed by atoms with E-state index in [9.17, 15) is 26.7 Å². The standard InChI is InChI=1S/C25H26F5N3O3/c26-17-9-15(10-18(27)22(17)35-16-7-13-6-14(13)8-16)31-23(34)21-20(11-25(28,29)30)36-24(32-21)33-5-4-12-2-1-3-19(12)33/h9-10,12-14,16,19H,1-8,11H2,(H,31,34)/t12?,13-,14?,16?,19?/m1/s1. The number of benzene rings is 1. The molecule has 1 aliphatic heterocycles. The molecule has 1 amide bonds. The molecule has 1 saturated heterocycles. The molecule has 4 fully saturated rings. The fraction of sp³-hybridized carbons (Fsp3) is 0.600. The molecule has 1 N–H and O–H groups in total. The van der Waals surface area contributed by atoms with Crippen LogP contribution in [0.3, 0.4) is 0 Å². The molecule has 36 heavy (non-hydrogen) atoms. The van der Waals surface area contributed by atoms with Gasteiger partial charge in [0, 0.05) is 30.4 Å². The minimum Gasteiger partial charge on any atom is -0.484 e. The minimum absolute atomic E-state index is 0.0236. The average molecular weight is 511 g/mol. The van der Waals surface area contributed by atoms with Crippen LogP contribution in [0.5, 0.6) is 5.75 Å². The summed E-state index contributed by atoms with van der Waals surface area (Å²) in [6.45, 7) is 0.586. The summed E-state index contributed by atoms with van der Waals surface area (Å²) < 4.78 is 79.9. The van der Waals surface area contributed by atoms with Crippen molar-refractivity contribution in [2.24, 2.45) is 17.8 Å². The first-order valence-electron chi connectivity index (χ1n) is 12.4. The Morgan fingerprint density at radius 3 is 2.50 bits per heavy atom. The van der Waals surface area contributed by atoms with Gasteiger partial charge in [0.25, 0.3) is 11.9 Å². The van der Waals surface area contributed by atoms with Gasteiger partial charge in [0.2, 0.25) is 0 Å². The fourth-order valence-corrected chi connectivity index (χ4v) is 6.27. The average Bonchev–Trinajstić information content (AvgIpc) is 3.24. The van der Waals surface area contributed by atoms with Gasteiger partial charge in [-0.2, -0.15) is 18.2 Å². The predicted molar refractivity (Wildman–Crippen MR) is 119 cm³/mol. The molecule has 0 radical (unpaired) electrons. The Hall–Kier alpha value is -2.85. The van der Waals surface area contributed by atoms with Crippen molar-refractivity contribution in [1.82, 2.24) is 4.98 Å². The molecule has 1 aromatic heterocycles. The molecule has 4 unspecified atom stereocenters. The summed E-state index contributed by atoms with van der Waals surface area (Å²) in [6.07, 6.45) is 0.132. The van der Waals surface area contributed by atoms with Crippen LogP contribution in [-0.4, -0.2) is 35.8 Å². The number of halogens is 5. The van der Waals surface area contributed by atoms with Crippen molar-refractivity contribution in [3.63, 3.8) is 0 Å². The summed E-state index contributed by atoms with van der Waals surface area (Å²) >= 11 is 0. The van der Waals surface area contributed by atoms with Crippen molar-refractivity contribution in [1.29, 1.82) is 0 Å². The van der Waals surface area contributed by atoms with E-state index in [1.54, 1.807) is 0 Å². The van der Waals surface area contributed by atoms with Crippen molar-refractivity contribution in [3.05, 3.63) is 35.2 Å². The fourth-order valence-electron chi connectivity index (χ4n) is 6.27. The molecule has 194 valence electrons. The lowest BCUT2D eigenvalue weighted by atomic mass is 10.1. The van der Waals surface area contributed by atoms with E-state index < -0.39 is 47.3 Å². The number of ether oxygens (including phenoxy) is 1. The summed E-state index contributed by atoms with van der Waals surface area (Å²) in [5.74, 6) is -2.59. The van der Waals surface area contributed by atoms with Crippen LogP contribution in [0.2, 0.25) is 0 Å². The van der Waals surface area contributed by atoms with Crippen LogP contribution in [0.1, 0.15) is 61.2 Å². The first kappa shape index (κ1) is 23.5. The number of oxazole rings is 1. The number of nitrogens with one attached hydrogen (secondary N) is 1. The molecule has 1 aromatic carbocycles. The lowest BCUT2D eigenvalue weighted by molar-refractivity contribution is -0.130. The SMILES string of the molecule is O=C(Nc1cc(F)c(OC2CC3C[C@@H]3C2)c(F)c1)c1nc(N2CCC3CCCC32)oc1CC(F)(F)F. The van der Waals surface area contributed by atoms with Gasteiger partial charge in [-0.05, 0) is 56.3 Å². The van der Waals surface area contributed by atoms with Gasteiger partial charge in [-0.15, -0.1) is 0 Å². The largest absolute Gasteiger partial charge is 0.484 e. The smallest absolute Gasteiger partial charge is 0.396 e. The molecule has 11 heteroatoms. The van der Waals surface area contributed by atoms with Crippen LogP contribution in [-0.2, 0) is 6.42 Å². The zero-order chi connectivity index (χ0) is 25.2. The van der Waals surface area contributed by atoms with E-state index in [0.717, 1.165) is 57.1 Å². The molecule has 3 saturated carbocycles. The number of amides is 1. The Morgan fingerprint density at radius 2 is 1.81 bits per heavy atom. The van der Waals surface area contributed by atoms with Crippen LogP contribution in [0.25, 0.3) is 0 Å². The van der Waals surface area contributed by atoms with Crippen LogP contribution >= 0.6 is 0 Å². The number of hydrogen-bond donors (Lipinski definition) is 1. The molecule has 6 rings (SSSR count). The molecular formula is C25H26F5N3O3. The number of nitrogens with zero attached hydrogens (tertiary/aromatic N) is 2. The van der Waals surface area contributed by atoms with Crippen molar-refractivity contribution < 1.29 is 35.9 Å². The number of fused-ring (bicyclic) bond motifs is 2. The highest BCUT2D eigenvalue weighted by atomic mass is 19.4.